The topological polar surface area (TPSA) is 78.5 Å². The molecule has 2 N–H and O–H groups in total. The number of piperazine rings is 1. The number of amides is 3. The van der Waals surface area contributed by atoms with Crippen LogP contribution in [0.4, 0.5) is 4.39 Å². The molecule has 3 rings (SSSR count). The smallest absolute Gasteiger partial charge is 0.247 e. The van der Waals surface area contributed by atoms with Crippen molar-refractivity contribution in [2.24, 2.45) is 0 Å². The van der Waals surface area contributed by atoms with E-state index in [4.69, 9.17) is 0 Å². The van der Waals surface area contributed by atoms with Crippen LogP contribution in [0.25, 0.3) is 0 Å². The molecule has 26 heavy (non-hydrogen) atoms. The fourth-order valence-corrected chi connectivity index (χ4v) is 3.68. The summed E-state index contributed by atoms with van der Waals surface area (Å²) < 4.78 is 13.5. The summed E-state index contributed by atoms with van der Waals surface area (Å²) in [6.07, 6.45) is 4.38. The zero-order valence-corrected chi connectivity index (χ0v) is 14.7. The fraction of sp³-hybridized carbons (Fsp3) is 0.526. The van der Waals surface area contributed by atoms with Crippen LogP contribution in [0.15, 0.2) is 24.3 Å². The van der Waals surface area contributed by atoms with Crippen molar-refractivity contribution in [2.45, 2.75) is 50.6 Å². The van der Waals surface area contributed by atoms with E-state index in [0.29, 0.717) is 18.7 Å². The van der Waals surface area contributed by atoms with Crippen LogP contribution in [0.3, 0.4) is 0 Å². The molecular formula is C19H24FN3O3. The largest absolute Gasteiger partial charge is 0.353 e. The molecule has 1 saturated heterocycles. The molecule has 1 aliphatic carbocycles. The molecule has 1 heterocycles. The standard InChI is InChI=1S/C19H24FN3O3/c20-14-5-3-4-13(12-14)18-19(26)21-10-11-23(18)17(25)9-8-16(24)22-15-6-1-2-7-15/h3-5,12,15,18H,1-2,6-11H2,(H,21,26)(H,22,24)/t18-/m1/s1. The average Bonchev–Trinajstić information content (AvgIpc) is 3.12. The molecular weight excluding hydrogens is 337 g/mol. The molecule has 0 bridgehead atoms. The van der Waals surface area contributed by atoms with Gasteiger partial charge in [0.2, 0.25) is 17.7 Å². The van der Waals surface area contributed by atoms with E-state index in [1.807, 2.05) is 0 Å². The molecule has 1 aromatic carbocycles. The van der Waals surface area contributed by atoms with Gasteiger partial charge >= 0.3 is 0 Å². The summed E-state index contributed by atoms with van der Waals surface area (Å²) in [5.41, 5.74) is 0.436. The molecule has 1 saturated carbocycles. The number of carbonyl (C=O) groups excluding carboxylic acids is 3. The Kier molecular flexibility index (Phi) is 5.85. The number of nitrogens with zero attached hydrogens (tertiary/aromatic N) is 1. The van der Waals surface area contributed by atoms with Gasteiger partial charge in [-0.3, -0.25) is 14.4 Å². The lowest BCUT2D eigenvalue weighted by Gasteiger charge is -2.35. The molecule has 0 aromatic heterocycles. The number of rotatable bonds is 5. The molecule has 140 valence electrons. The number of benzene rings is 1. The van der Waals surface area contributed by atoms with Crippen LogP contribution in [0, 0.1) is 5.82 Å². The lowest BCUT2D eigenvalue weighted by Crippen LogP contribution is -2.52. The van der Waals surface area contributed by atoms with Crippen LogP contribution in [0.2, 0.25) is 0 Å². The van der Waals surface area contributed by atoms with E-state index in [9.17, 15) is 18.8 Å². The van der Waals surface area contributed by atoms with E-state index >= 15 is 0 Å². The van der Waals surface area contributed by atoms with E-state index in [1.54, 1.807) is 6.07 Å². The minimum absolute atomic E-state index is 0.0393. The molecule has 7 heteroatoms. The van der Waals surface area contributed by atoms with Crippen molar-refractivity contribution in [3.63, 3.8) is 0 Å². The number of nitrogens with one attached hydrogen (secondary N) is 2. The van der Waals surface area contributed by atoms with Crippen molar-refractivity contribution in [2.75, 3.05) is 13.1 Å². The number of halogens is 1. The van der Waals surface area contributed by atoms with Crippen LogP contribution < -0.4 is 10.6 Å². The van der Waals surface area contributed by atoms with E-state index < -0.39 is 11.9 Å². The van der Waals surface area contributed by atoms with Crippen molar-refractivity contribution < 1.29 is 18.8 Å². The SMILES string of the molecule is O=C(CCC(=O)N1CCNC(=O)[C@H]1c1cccc(F)c1)NC1CCCC1. The van der Waals surface area contributed by atoms with Gasteiger partial charge in [0.15, 0.2) is 0 Å². The van der Waals surface area contributed by atoms with Crippen LogP contribution in [-0.2, 0) is 14.4 Å². The first-order valence-corrected chi connectivity index (χ1v) is 9.16. The van der Waals surface area contributed by atoms with Gasteiger partial charge in [0.25, 0.3) is 0 Å². The Hall–Kier alpha value is -2.44. The maximum Gasteiger partial charge on any atom is 0.247 e. The Bertz CT molecular complexity index is 688. The predicted octanol–water partition coefficient (Wildman–Crippen LogP) is 1.66. The number of carbonyl (C=O) groups is 3. The molecule has 0 radical (unpaired) electrons. The van der Waals surface area contributed by atoms with Crippen LogP contribution >= 0.6 is 0 Å². The third kappa shape index (κ3) is 4.39. The molecule has 1 aromatic rings. The van der Waals surface area contributed by atoms with Crippen molar-refractivity contribution >= 4 is 17.7 Å². The third-order valence-electron chi connectivity index (χ3n) is 4.98. The quantitative estimate of drug-likeness (QED) is 0.837. The molecule has 1 atom stereocenters. The fourth-order valence-electron chi connectivity index (χ4n) is 3.68. The van der Waals surface area contributed by atoms with Gasteiger partial charge in [-0.25, -0.2) is 4.39 Å². The highest BCUT2D eigenvalue weighted by Crippen LogP contribution is 2.25. The summed E-state index contributed by atoms with van der Waals surface area (Å²) in [4.78, 5) is 38.4. The van der Waals surface area contributed by atoms with E-state index in [0.717, 1.165) is 25.7 Å². The summed E-state index contributed by atoms with van der Waals surface area (Å²) in [5, 5.41) is 5.67. The molecule has 3 amide bonds. The molecule has 0 spiro atoms. The predicted molar refractivity (Wildman–Crippen MR) is 93.5 cm³/mol. The Morgan fingerprint density at radius 3 is 2.73 bits per heavy atom. The van der Waals surface area contributed by atoms with Gasteiger partial charge in [-0.15, -0.1) is 0 Å². The lowest BCUT2D eigenvalue weighted by atomic mass is 10.0. The highest BCUT2D eigenvalue weighted by Gasteiger charge is 2.34. The number of hydrogen-bond acceptors (Lipinski definition) is 3. The molecule has 2 fully saturated rings. The summed E-state index contributed by atoms with van der Waals surface area (Å²) in [6, 6.07) is 5.07. The average molecular weight is 361 g/mol. The third-order valence-corrected chi connectivity index (χ3v) is 4.98. The van der Waals surface area contributed by atoms with Crippen LogP contribution in [0.1, 0.15) is 50.1 Å². The van der Waals surface area contributed by atoms with Gasteiger partial charge in [0.1, 0.15) is 11.9 Å². The van der Waals surface area contributed by atoms with Gasteiger partial charge < -0.3 is 15.5 Å². The van der Waals surface area contributed by atoms with Gasteiger partial charge in [-0.05, 0) is 30.5 Å². The van der Waals surface area contributed by atoms with E-state index in [2.05, 4.69) is 10.6 Å². The number of hydrogen-bond donors (Lipinski definition) is 2. The lowest BCUT2D eigenvalue weighted by molar-refractivity contribution is -0.144. The molecule has 1 aliphatic heterocycles. The minimum atomic E-state index is -0.857. The first-order valence-electron chi connectivity index (χ1n) is 9.16. The van der Waals surface area contributed by atoms with Gasteiger partial charge in [0.05, 0.1) is 0 Å². The first-order chi connectivity index (χ1) is 12.5. The zero-order chi connectivity index (χ0) is 18.5. The highest BCUT2D eigenvalue weighted by molar-refractivity contribution is 5.91. The molecule has 6 nitrogen and oxygen atoms in total. The van der Waals surface area contributed by atoms with Gasteiger partial charge in [0, 0.05) is 32.0 Å². The maximum atomic E-state index is 13.5. The highest BCUT2D eigenvalue weighted by atomic mass is 19.1. The van der Waals surface area contributed by atoms with Crippen LogP contribution in [-0.4, -0.2) is 41.8 Å². The van der Waals surface area contributed by atoms with Crippen molar-refractivity contribution in [1.29, 1.82) is 0 Å². The second-order valence-electron chi connectivity index (χ2n) is 6.88. The Balaban J connectivity index is 1.62. The molecule has 2 aliphatic rings. The van der Waals surface area contributed by atoms with E-state index in [-0.39, 0.29) is 36.6 Å². The van der Waals surface area contributed by atoms with Crippen molar-refractivity contribution in [3.05, 3.63) is 35.6 Å². The maximum absolute atomic E-state index is 13.5. The summed E-state index contributed by atoms with van der Waals surface area (Å²) in [6.45, 7) is 0.695. The molecule has 0 unspecified atom stereocenters. The summed E-state index contributed by atoms with van der Waals surface area (Å²) >= 11 is 0. The monoisotopic (exact) mass is 361 g/mol. The summed E-state index contributed by atoms with van der Waals surface area (Å²) in [5.74, 6) is -1.18. The normalized spacial score (nSPS) is 20.7. The second-order valence-corrected chi connectivity index (χ2v) is 6.88. The van der Waals surface area contributed by atoms with Crippen molar-refractivity contribution in [3.8, 4) is 0 Å². The Morgan fingerprint density at radius 2 is 2.00 bits per heavy atom. The first kappa shape index (κ1) is 18.4. The Labute approximate surface area is 152 Å². The van der Waals surface area contributed by atoms with Gasteiger partial charge in [-0.1, -0.05) is 25.0 Å². The van der Waals surface area contributed by atoms with Crippen molar-refractivity contribution in [1.82, 2.24) is 15.5 Å². The Morgan fingerprint density at radius 1 is 1.23 bits per heavy atom. The second kappa shape index (κ2) is 8.29. The van der Waals surface area contributed by atoms with Crippen LogP contribution in [0.5, 0.6) is 0 Å². The van der Waals surface area contributed by atoms with Gasteiger partial charge in [-0.2, -0.15) is 0 Å². The van der Waals surface area contributed by atoms with E-state index in [1.165, 1.54) is 23.1 Å². The minimum Gasteiger partial charge on any atom is -0.353 e. The zero-order valence-electron chi connectivity index (χ0n) is 14.7. The summed E-state index contributed by atoms with van der Waals surface area (Å²) in [7, 11) is 0.